The summed E-state index contributed by atoms with van der Waals surface area (Å²) in [6.45, 7) is 4.76. The van der Waals surface area contributed by atoms with Crippen LogP contribution in [0.3, 0.4) is 0 Å². The summed E-state index contributed by atoms with van der Waals surface area (Å²) >= 11 is 1.82. The third-order valence-electron chi connectivity index (χ3n) is 4.24. The van der Waals surface area contributed by atoms with E-state index < -0.39 is 0 Å². The summed E-state index contributed by atoms with van der Waals surface area (Å²) in [5, 5.41) is 7.27. The van der Waals surface area contributed by atoms with E-state index in [9.17, 15) is 0 Å². The second kappa shape index (κ2) is 4.93. The number of hydrogen-bond acceptors (Lipinski definition) is 2. The lowest BCUT2D eigenvalue weighted by molar-refractivity contribution is 0.276. The van der Waals surface area contributed by atoms with E-state index in [1.54, 1.807) is 0 Å². The number of nitrogens with one attached hydrogen (secondary N) is 1. The second-order valence-corrected chi connectivity index (χ2v) is 6.77. The molecule has 1 aliphatic carbocycles. The lowest BCUT2D eigenvalue weighted by Crippen LogP contribution is -2.32. The first-order chi connectivity index (χ1) is 8.72. The minimum Gasteiger partial charge on any atom is -0.382 e. The van der Waals surface area contributed by atoms with Crippen LogP contribution in [0.25, 0.3) is 10.1 Å². The fraction of sp³-hybridized carbons (Fsp3) is 0.500. The zero-order valence-corrected chi connectivity index (χ0v) is 12.0. The van der Waals surface area contributed by atoms with E-state index in [1.165, 1.54) is 35.0 Å². The molecule has 0 saturated heterocycles. The Kier molecular flexibility index (Phi) is 3.29. The van der Waals surface area contributed by atoms with Gasteiger partial charge in [0, 0.05) is 16.4 Å². The number of fused-ring (bicyclic) bond motifs is 1. The minimum absolute atomic E-state index is 0.650. The maximum atomic E-state index is 3.74. The van der Waals surface area contributed by atoms with E-state index in [1.807, 2.05) is 11.3 Å². The highest BCUT2D eigenvalue weighted by atomic mass is 32.1. The second-order valence-electron chi connectivity index (χ2n) is 5.82. The van der Waals surface area contributed by atoms with Gasteiger partial charge in [0.05, 0.1) is 0 Å². The monoisotopic (exact) mass is 259 g/mol. The van der Waals surface area contributed by atoms with Gasteiger partial charge in [-0.3, -0.25) is 0 Å². The van der Waals surface area contributed by atoms with Crippen LogP contribution in [0.2, 0.25) is 0 Å². The van der Waals surface area contributed by atoms with Gasteiger partial charge in [0.25, 0.3) is 0 Å². The summed E-state index contributed by atoms with van der Waals surface area (Å²) in [6, 6.07) is 9.60. The molecule has 1 saturated carbocycles. The quantitative estimate of drug-likeness (QED) is 0.787. The molecular weight excluding hydrogens is 238 g/mol. The first-order valence-corrected chi connectivity index (χ1v) is 7.84. The molecule has 2 heteroatoms. The Morgan fingerprint density at radius 1 is 1.17 bits per heavy atom. The summed E-state index contributed by atoms with van der Waals surface area (Å²) in [7, 11) is 0. The molecule has 3 rings (SSSR count). The van der Waals surface area contributed by atoms with Crippen molar-refractivity contribution in [2.45, 2.75) is 39.2 Å². The van der Waals surface area contributed by atoms with E-state index in [0.29, 0.717) is 6.04 Å². The molecule has 1 fully saturated rings. The SMILES string of the molecule is CC1CCC(Nc2ccc3sccc3c2)C(C)C1. The molecule has 18 heavy (non-hydrogen) atoms. The van der Waals surface area contributed by atoms with Gasteiger partial charge in [-0.1, -0.05) is 13.8 Å². The van der Waals surface area contributed by atoms with E-state index in [0.717, 1.165) is 11.8 Å². The molecule has 0 aliphatic heterocycles. The molecule has 1 aromatic carbocycles. The lowest BCUT2D eigenvalue weighted by Gasteiger charge is -2.33. The van der Waals surface area contributed by atoms with Crippen molar-refractivity contribution in [3.8, 4) is 0 Å². The van der Waals surface area contributed by atoms with E-state index in [4.69, 9.17) is 0 Å². The van der Waals surface area contributed by atoms with Crippen LogP contribution in [-0.4, -0.2) is 6.04 Å². The van der Waals surface area contributed by atoms with Gasteiger partial charge in [0.2, 0.25) is 0 Å². The number of anilines is 1. The standard InChI is InChI=1S/C16H21NS/c1-11-3-5-15(12(2)9-11)17-14-4-6-16-13(10-14)7-8-18-16/h4,6-8,10-12,15,17H,3,5,9H2,1-2H3. The average Bonchev–Trinajstić information content (AvgIpc) is 2.80. The van der Waals surface area contributed by atoms with Crippen LogP contribution in [0, 0.1) is 11.8 Å². The normalized spacial score (nSPS) is 28.4. The van der Waals surface area contributed by atoms with Gasteiger partial charge in [-0.05, 0) is 66.1 Å². The van der Waals surface area contributed by atoms with Gasteiger partial charge in [0.15, 0.2) is 0 Å². The van der Waals surface area contributed by atoms with Crippen LogP contribution in [-0.2, 0) is 0 Å². The lowest BCUT2D eigenvalue weighted by atomic mass is 9.80. The third kappa shape index (κ3) is 2.39. The Labute approximate surface area is 113 Å². The van der Waals surface area contributed by atoms with E-state index in [-0.39, 0.29) is 0 Å². The van der Waals surface area contributed by atoms with Crippen molar-refractivity contribution >= 4 is 27.1 Å². The average molecular weight is 259 g/mol. The van der Waals surface area contributed by atoms with Gasteiger partial charge in [-0.15, -0.1) is 11.3 Å². The molecule has 1 aromatic heterocycles. The minimum atomic E-state index is 0.650. The Morgan fingerprint density at radius 3 is 2.89 bits per heavy atom. The van der Waals surface area contributed by atoms with Crippen molar-refractivity contribution < 1.29 is 0 Å². The largest absolute Gasteiger partial charge is 0.382 e. The van der Waals surface area contributed by atoms with Gasteiger partial charge in [-0.25, -0.2) is 0 Å². The van der Waals surface area contributed by atoms with Crippen LogP contribution in [0.4, 0.5) is 5.69 Å². The molecule has 3 unspecified atom stereocenters. The van der Waals surface area contributed by atoms with Crippen LogP contribution < -0.4 is 5.32 Å². The molecule has 96 valence electrons. The number of benzene rings is 1. The summed E-state index contributed by atoms with van der Waals surface area (Å²) in [4.78, 5) is 0. The fourth-order valence-electron chi connectivity index (χ4n) is 3.15. The van der Waals surface area contributed by atoms with Gasteiger partial charge in [0.1, 0.15) is 0 Å². The first kappa shape index (κ1) is 12.0. The molecule has 0 amide bonds. The van der Waals surface area contributed by atoms with Crippen molar-refractivity contribution in [1.82, 2.24) is 0 Å². The molecule has 0 spiro atoms. The van der Waals surface area contributed by atoms with Crippen LogP contribution in [0.1, 0.15) is 33.1 Å². The summed E-state index contributed by atoms with van der Waals surface area (Å²) < 4.78 is 1.38. The van der Waals surface area contributed by atoms with Gasteiger partial charge in [-0.2, -0.15) is 0 Å². The molecule has 2 aromatic rings. The van der Waals surface area contributed by atoms with E-state index >= 15 is 0 Å². The highest BCUT2D eigenvalue weighted by molar-refractivity contribution is 7.17. The molecule has 0 radical (unpaired) electrons. The Balaban J connectivity index is 1.75. The van der Waals surface area contributed by atoms with Crippen molar-refractivity contribution in [3.05, 3.63) is 29.6 Å². The number of rotatable bonds is 2. The first-order valence-electron chi connectivity index (χ1n) is 6.96. The summed E-state index contributed by atoms with van der Waals surface area (Å²) in [5.74, 6) is 1.68. The molecule has 1 N–H and O–H groups in total. The van der Waals surface area contributed by atoms with Crippen molar-refractivity contribution in [2.24, 2.45) is 11.8 Å². The smallest absolute Gasteiger partial charge is 0.0349 e. The van der Waals surface area contributed by atoms with Crippen molar-refractivity contribution in [2.75, 3.05) is 5.32 Å². The molecule has 1 heterocycles. The zero-order valence-electron chi connectivity index (χ0n) is 11.1. The van der Waals surface area contributed by atoms with Crippen LogP contribution in [0.5, 0.6) is 0 Å². The highest BCUT2D eigenvalue weighted by Gasteiger charge is 2.24. The predicted octanol–water partition coefficient (Wildman–Crippen LogP) is 5.14. The van der Waals surface area contributed by atoms with Gasteiger partial charge >= 0.3 is 0 Å². The summed E-state index contributed by atoms with van der Waals surface area (Å²) in [5.41, 5.74) is 1.28. The predicted molar refractivity (Wildman–Crippen MR) is 81.4 cm³/mol. The molecule has 1 nitrogen and oxygen atoms in total. The maximum absolute atomic E-state index is 3.74. The molecule has 0 bridgehead atoms. The number of hydrogen-bond donors (Lipinski definition) is 1. The topological polar surface area (TPSA) is 12.0 Å². The maximum Gasteiger partial charge on any atom is 0.0349 e. The van der Waals surface area contributed by atoms with Gasteiger partial charge < -0.3 is 5.32 Å². The Morgan fingerprint density at radius 2 is 2.06 bits per heavy atom. The molecule has 3 atom stereocenters. The Bertz CT molecular complexity index is 531. The fourth-order valence-corrected chi connectivity index (χ4v) is 3.92. The van der Waals surface area contributed by atoms with Crippen LogP contribution >= 0.6 is 11.3 Å². The van der Waals surface area contributed by atoms with Crippen LogP contribution in [0.15, 0.2) is 29.6 Å². The van der Waals surface area contributed by atoms with Crippen molar-refractivity contribution in [1.29, 1.82) is 0 Å². The molecule has 1 aliphatic rings. The van der Waals surface area contributed by atoms with E-state index in [2.05, 4.69) is 48.8 Å². The zero-order chi connectivity index (χ0) is 12.5. The Hall–Kier alpha value is -1.02. The summed E-state index contributed by atoms with van der Waals surface area (Å²) in [6.07, 6.45) is 4.03. The third-order valence-corrected chi connectivity index (χ3v) is 5.13. The van der Waals surface area contributed by atoms with Crippen molar-refractivity contribution in [3.63, 3.8) is 0 Å². The molecular formula is C16H21NS. The highest BCUT2D eigenvalue weighted by Crippen LogP contribution is 2.32. The number of thiophene rings is 1.